The van der Waals surface area contributed by atoms with Crippen molar-refractivity contribution in [2.45, 2.75) is 46.0 Å². The molecule has 3 N–H and O–H groups in total. The van der Waals surface area contributed by atoms with E-state index < -0.39 is 0 Å². The zero-order chi connectivity index (χ0) is 8.53. The number of hydrogen-bond acceptors (Lipinski definition) is 3. The monoisotopic (exact) mass is 175 g/mol. The standard InChI is InChI=1S/C9H18O2.H3N/c1-3-5-6-7-8-11-9(10)4-2;/h3-8H2,1-2H3;1H3. The Kier molecular flexibility index (Phi) is 12.2. The maximum atomic E-state index is 10.6. The van der Waals surface area contributed by atoms with E-state index >= 15 is 0 Å². The molecular formula is C9H21NO2. The Balaban J connectivity index is 0. The lowest BCUT2D eigenvalue weighted by atomic mass is 10.2. The van der Waals surface area contributed by atoms with Gasteiger partial charge in [-0.05, 0) is 6.42 Å². The van der Waals surface area contributed by atoms with Gasteiger partial charge < -0.3 is 10.9 Å². The van der Waals surface area contributed by atoms with Gasteiger partial charge >= 0.3 is 5.97 Å². The van der Waals surface area contributed by atoms with Gasteiger partial charge in [0.1, 0.15) is 0 Å². The first-order chi connectivity index (χ1) is 5.31. The maximum Gasteiger partial charge on any atom is 0.305 e. The third kappa shape index (κ3) is 9.43. The van der Waals surface area contributed by atoms with Crippen molar-refractivity contribution >= 4 is 5.97 Å². The van der Waals surface area contributed by atoms with Crippen LogP contribution in [0.15, 0.2) is 0 Å². The smallest absolute Gasteiger partial charge is 0.305 e. The van der Waals surface area contributed by atoms with Gasteiger partial charge in [-0.2, -0.15) is 0 Å². The Hall–Kier alpha value is -0.570. The first-order valence-electron chi connectivity index (χ1n) is 4.46. The Morgan fingerprint density at radius 2 is 1.83 bits per heavy atom. The number of carbonyl (C=O) groups excluding carboxylic acids is 1. The van der Waals surface area contributed by atoms with Crippen LogP contribution < -0.4 is 6.15 Å². The molecular weight excluding hydrogens is 154 g/mol. The molecule has 0 aliphatic heterocycles. The fraction of sp³-hybridized carbons (Fsp3) is 0.889. The van der Waals surface area contributed by atoms with Crippen LogP contribution in [0.5, 0.6) is 0 Å². The highest BCUT2D eigenvalue weighted by molar-refractivity contribution is 5.68. The predicted molar refractivity (Wildman–Crippen MR) is 50.4 cm³/mol. The molecule has 0 saturated heterocycles. The lowest BCUT2D eigenvalue weighted by molar-refractivity contribution is -0.143. The average Bonchev–Trinajstić information content (AvgIpc) is 2.04. The van der Waals surface area contributed by atoms with Gasteiger partial charge in [0.2, 0.25) is 0 Å². The molecule has 0 atom stereocenters. The summed E-state index contributed by atoms with van der Waals surface area (Å²) in [6, 6.07) is 0. The third-order valence-corrected chi connectivity index (χ3v) is 1.55. The summed E-state index contributed by atoms with van der Waals surface area (Å²) in [6.07, 6.45) is 5.15. The van der Waals surface area contributed by atoms with Crippen molar-refractivity contribution < 1.29 is 9.53 Å². The first kappa shape index (κ1) is 14.0. The molecule has 3 nitrogen and oxygen atoms in total. The van der Waals surface area contributed by atoms with Gasteiger partial charge in [-0.1, -0.05) is 33.1 Å². The van der Waals surface area contributed by atoms with Crippen molar-refractivity contribution in [2.24, 2.45) is 0 Å². The van der Waals surface area contributed by atoms with E-state index in [9.17, 15) is 4.79 Å². The summed E-state index contributed by atoms with van der Waals surface area (Å²) in [5, 5.41) is 0. The summed E-state index contributed by atoms with van der Waals surface area (Å²) in [5.41, 5.74) is 0. The molecule has 3 heteroatoms. The zero-order valence-corrected chi connectivity index (χ0v) is 8.27. The van der Waals surface area contributed by atoms with E-state index in [2.05, 4.69) is 6.92 Å². The van der Waals surface area contributed by atoms with Crippen LogP contribution in [0, 0.1) is 0 Å². The van der Waals surface area contributed by atoms with Crippen molar-refractivity contribution in [3.8, 4) is 0 Å². The van der Waals surface area contributed by atoms with Crippen LogP contribution in [0.4, 0.5) is 0 Å². The highest BCUT2D eigenvalue weighted by Crippen LogP contribution is 1.99. The maximum absolute atomic E-state index is 10.6. The molecule has 0 aromatic heterocycles. The molecule has 0 aromatic carbocycles. The van der Waals surface area contributed by atoms with E-state index in [1.807, 2.05) is 6.92 Å². The fourth-order valence-corrected chi connectivity index (χ4v) is 0.817. The van der Waals surface area contributed by atoms with E-state index in [-0.39, 0.29) is 12.1 Å². The second kappa shape index (κ2) is 10.4. The van der Waals surface area contributed by atoms with E-state index in [0.717, 1.165) is 6.42 Å². The van der Waals surface area contributed by atoms with Gasteiger partial charge in [0.25, 0.3) is 0 Å². The van der Waals surface area contributed by atoms with E-state index in [4.69, 9.17) is 4.74 Å². The Labute approximate surface area is 75.1 Å². The van der Waals surface area contributed by atoms with Crippen LogP contribution in [0.3, 0.4) is 0 Å². The number of carbonyl (C=O) groups is 1. The fourth-order valence-electron chi connectivity index (χ4n) is 0.817. The summed E-state index contributed by atoms with van der Waals surface area (Å²) >= 11 is 0. The summed E-state index contributed by atoms with van der Waals surface area (Å²) in [4.78, 5) is 10.6. The topological polar surface area (TPSA) is 61.3 Å². The molecule has 0 aliphatic rings. The van der Waals surface area contributed by atoms with Crippen molar-refractivity contribution in [3.05, 3.63) is 0 Å². The minimum Gasteiger partial charge on any atom is -0.466 e. The number of unbranched alkanes of at least 4 members (excludes halogenated alkanes) is 3. The molecule has 0 radical (unpaired) electrons. The molecule has 74 valence electrons. The molecule has 0 aliphatic carbocycles. The molecule has 0 rings (SSSR count). The van der Waals surface area contributed by atoms with Crippen LogP contribution >= 0.6 is 0 Å². The summed E-state index contributed by atoms with van der Waals surface area (Å²) in [7, 11) is 0. The lowest BCUT2D eigenvalue weighted by Gasteiger charge is -2.01. The van der Waals surface area contributed by atoms with Gasteiger partial charge in [0, 0.05) is 6.42 Å². The van der Waals surface area contributed by atoms with Crippen LogP contribution in [0.25, 0.3) is 0 Å². The summed E-state index contributed by atoms with van der Waals surface area (Å²) < 4.78 is 4.90. The second-order valence-electron chi connectivity index (χ2n) is 2.63. The minimum atomic E-state index is -0.0819. The van der Waals surface area contributed by atoms with Crippen LogP contribution in [0.1, 0.15) is 46.0 Å². The molecule has 0 spiro atoms. The third-order valence-electron chi connectivity index (χ3n) is 1.55. The SMILES string of the molecule is CCCCCCOC(=O)CC.N. The normalized spacial score (nSPS) is 8.83. The highest BCUT2D eigenvalue weighted by atomic mass is 16.5. The number of rotatable bonds is 6. The number of ether oxygens (including phenoxy) is 1. The summed E-state index contributed by atoms with van der Waals surface area (Å²) in [5.74, 6) is -0.0819. The second-order valence-corrected chi connectivity index (χ2v) is 2.63. The first-order valence-corrected chi connectivity index (χ1v) is 4.46. The van der Waals surface area contributed by atoms with E-state index in [0.29, 0.717) is 13.0 Å². The van der Waals surface area contributed by atoms with Crippen molar-refractivity contribution in [2.75, 3.05) is 6.61 Å². The van der Waals surface area contributed by atoms with Crippen LogP contribution in [0.2, 0.25) is 0 Å². The lowest BCUT2D eigenvalue weighted by Crippen LogP contribution is -2.03. The van der Waals surface area contributed by atoms with E-state index in [1.54, 1.807) is 0 Å². The molecule has 0 aromatic rings. The van der Waals surface area contributed by atoms with Crippen molar-refractivity contribution in [3.63, 3.8) is 0 Å². The molecule has 12 heavy (non-hydrogen) atoms. The quantitative estimate of drug-likeness (QED) is 0.498. The van der Waals surface area contributed by atoms with Crippen molar-refractivity contribution in [1.29, 1.82) is 0 Å². The molecule has 0 unspecified atom stereocenters. The van der Waals surface area contributed by atoms with E-state index in [1.165, 1.54) is 19.3 Å². The predicted octanol–water partition coefficient (Wildman–Crippen LogP) is 2.68. The number of esters is 1. The largest absolute Gasteiger partial charge is 0.466 e. The molecule has 0 saturated carbocycles. The highest BCUT2D eigenvalue weighted by Gasteiger charge is 1.95. The summed E-state index contributed by atoms with van der Waals surface area (Å²) in [6.45, 7) is 4.58. The zero-order valence-electron chi connectivity index (χ0n) is 8.27. The molecule has 0 heterocycles. The van der Waals surface area contributed by atoms with Gasteiger partial charge in [-0.3, -0.25) is 4.79 Å². The number of hydrogen-bond donors (Lipinski definition) is 1. The Morgan fingerprint density at radius 3 is 2.33 bits per heavy atom. The Bertz CT molecular complexity index is 105. The van der Waals surface area contributed by atoms with Gasteiger partial charge in [0.15, 0.2) is 0 Å². The van der Waals surface area contributed by atoms with Gasteiger partial charge in [0.05, 0.1) is 6.61 Å². The van der Waals surface area contributed by atoms with Gasteiger partial charge in [-0.15, -0.1) is 0 Å². The Morgan fingerprint density at radius 1 is 1.17 bits per heavy atom. The average molecular weight is 175 g/mol. The molecule has 0 bridgehead atoms. The minimum absolute atomic E-state index is 0. The van der Waals surface area contributed by atoms with Crippen LogP contribution in [-0.2, 0) is 9.53 Å². The van der Waals surface area contributed by atoms with Gasteiger partial charge in [-0.25, -0.2) is 0 Å². The molecule has 0 amide bonds. The van der Waals surface area contributed by atoms with Crippen molar-refractivity contribution in [1.82, 2.24) is 6.15 Å². The molecule has 0 fully saturated rings. The van der Waals surface area contributed by atoms with Crippen LogP contribution in [-0.4, -0.2) is 12.6 Å².